The average molecular weight is 362 g/mol. The van der Waals surface area contributed by atoms with Gasteiger partial charge >= 0.3 is 13.1 Å². The average Bonchev–Trinajstić information content (AvgIpc) is 2.74. The number of benzene rings is 1. The first-order valence-electron chi connectivity index (χ1n) is 9.08. The molecule has 0 spiro atoms. The number of esters is 1. The third-order valence-electron chi connectivity index (χ3n) is 5.47. The zero-order valence-corrected chi connectivity index (χ0v) is 17.6. The van der Waals surface area contributed by atoms with Gasteiger partial charge in [0.2, 0.25) is 0 Å². The van der Waals surface area contributed by atoms with Crippen LogP contribution in [-0.4, -0.2) is 39.0 Å². The van der Waals surface area contributed by atoms with E-state index in [4.69, 9.17) is 14.0 Å². The van der Waals surface area contributed by atoms with Crippen molar-refractivity contribution < 1.29 is 18.8 Å². The lowest BCUT2D eigenvalue weighted by Crippen LogP contribution is -2.46. The molecule has 1 saturated heterocycles. The maximum absolute atomic E-state index is 12.7. The summed E-state index contributed by atoms with van der Waals surface area (Å²) >= 11 is 0. The molecule has 2 rings (SSSR count). The first-order chi connectivity index (χ1) is 11.5. The predicted octanol–water partition coefficient (Wildman–Crippen LogP) is 3.63. The quantitative estimate of drug-likeness (QED) is 0.573. The smallest absolute Gasteiger partial charge is 0.466 e. The zero-order chi connectivity index (χ0) is 18.9. The van der Waals surface area contributed by atoms with Gasteiger partial charge in [-0.25, -0.2) is 0 Å². The fourth-order valence-corrected chi connectivity index (χ4v) is 5.94. The van der Waals surface area contributed by atoms with Crippen molar-refractivity contribution in [3.8, 4) is 0 Å². The molecule has 6 heteroatoms. The van der Waals surface area contributed by atoms with Crippen LogP contribution in [0.5, 0.6) is 0 Å². The summed E-state index contributed by atoms with van der Waals surface area (Å²) in [4.78, 5) is 12.7. The molecule has 0 bridgehead atoms. The van der Waals surface area contributed by atoms with Crippen molar-refractivity contribution in [3.63, 3.8) is 0 Å². The Morgan fingerprint density at radius 3 is 2.12 bits per heavy atom. The molecule has 0 aromatic heterocycles. The van der Waals surface area contributed by atoms with E-state index in [1.54, 1.807) is 0 Å². The van der Waals surface area contributed by atoms with Gasteiger partial charge in [-0.15, -0.1) is 0 Å². The molecule has 1 fully saturated rings. The Morgan fingerprint density at radius 2 is 1.64 bits per heavy atom. The minimum Gasteiger partial charge on any atom is -0.466 e. The van der Waals surface area contributed by atoms with E-state index < -0.39 is 32.2 Å². The molecule has 4 nitrogen and oxygen atoms in total. The second kappa shape index (κ2) is 7.25. The molecule has 1 aromatic carbocycles. The van der Waals surface area contributed by atoms with E-state index >= 15 is 0 Å². The predicted molar refractivity (Wildman–Crippen MR) is 105 cm³/mol. The Balaban J connectivity index is 2.27. The van der Waals surface area contributed by atoms with Crippen molar-refractivity contribution >= 4 is 26.3 Å². The number of hydrogen-bond donors (Lipinski definition) is 0. The Hall–Kier alpha value is -1.11. The van der Waals surface area contributed by atoms with Gasteiger partial charge in [-0.2, -0.15) is 0 Å². The summed E-state index contributed by atoms with van der Waals surface area (Å²) in [7, 11) is -2.43. The van der Waals surface area contributed by atoms with Crippen LogP contribution in [0.1, 0.15) is 34.6 Å². The molecular weight excluding hydrogens is 331 g/mol. The van der Waals surface area contributed by atoms with Gasteiger partial charge in [-0.1, -0.05) is 48.6 Å². The molecule has 1 atom stereocenters. The summed E-state index contributed by atoms with van der Waals surface area (Å²) in [6, 6.07) is 11.2. The summed E-state index contributed by atoms with van der Waals surface area (Å²) < 4.78 is 17.7. The Labute approximate surface area is 153 Å². The minimum atomic E-state index is -1.86. The molecule has 0 N–H and O–H groups in total. The summed E-state index contributed by atoms with van der Waals surface area (Å²) in [6.45, 7) is 14.8. The van der Waals surface area contributed by atoms with E-state index in [9.17, 15) is 4.79 Å². The molecule has 138 valence electrons. The third kappa shape index (κ3) is 4.36. The fraction of sp³-hybridized carbons (Fsp3) is 0.632. The Morgan fingerprint density at radius 1 is 1.12 bits per heavy atom. The maximum atomic E-state index is 12.7. The topological polar surface area (TPSA) is 44.8 Å². The van der Waals surface area contributed by atoms with Gasteiger partial charge in [0.05, 0.1) is 31.7 Å². The Kier molecular flexibility index (Phi) is 5.86. The number of hydrogen-bond acceptors (Lipinski definition) is 4. The van der Waals surface area contributed by atoms with Crippen molar-refractivity contribution in [1.29, 1.82) is 0 Å². The third-order valence-corrected chi connectivity index (χ3v) is 8.83. The number of carbonyl (C=O) groups is 1. The highest BCUT2D eigenvalue weighted by atomic mass is 28.3. The summed E-state index contributed by atoms with van der Waals surface area (Å²) in [5, 5.41) is 1.32. The normalized spacial score (nSPS) is 20.4. The molecule has 0 radical (unpaired) electrons. The lowest BCUT2D eigenvalue weighted by molar-refractivity contribution is -0.143. The zero-order valence-electron chi connectivity index (χ0n) is 16.6. The van der Waals surface area contributed by atoms with Gasteiger partial charge in [-0.05, 0) is 40.7 Å². The second-order valence-corrected chi connectivity index (χ2v) is 13.2. The van der Waals surface area contributed by atoms with E-state index in [0.717, 1.165) is 6.04 Å². The van der Waals surface area contributed by atoms with Gasteiger partial charge in [-0.3, -0.25) is 4.79 Å². The number of carbonyl (C=O) groups excluding carboxylic acids is 1. The first kappa shape index (κ1) is 20.2. The number of ether oxygens (including phenoxy) is 1. The van der Waals surface area contributed by atoms with Crippen LogP contribution in [0.2, 0.25) is 25.0 Å². The highest BCUT2D eigenvalue weighted by Gasteiger charge is 2.56. The lowest BCUT2D eigenvalue weighted by atomic mass is 9.73. The van der Waals surface area contributed by atoms with Crippen LogP contribution < -0.4 is 5.19 Å². The van der Waals surface area contributed by atoms with Gasteiger partial charge in [0.1, 0.15) is 0 Å². The lowest BCUT2D eigenvalue weighted by Gasteiger charge is -2.32. The van der Waals surface area contributed by atoms with Gasteiger partial charge < -0.3 is 14.0 Å². The summed E-state index contributed by atoms with van der Waals surface area (Å²) in [6.07, 6.45) is 0. The summed E-state index contributed by atoms with van der Waals surface area (Å²) in [5.74, 6) is -0.639. The monoisotopic (exact) mass is 362 g/mol. The summed E-state index contributed by atoms with van der Waals surface area (Å²) in [5.41, 5.74) is -0.915. The molecule has 1 unspecified atom stereocenters. The van der Waals surface area contributed by atoms with E-state index in [2.05, 4.69) is 37.4 Å². The van der Waals surface area contributed by atoms with Crippen molar-refractivity contribution in [3.05, 3.63) is 30.3 Å². The van der Waals surface area contributed by atoms with Crippen LogP contribution in [0.25, 0.3) is 0 Å². The van der Waals surface area contributed by atoms with Crippen LogP contribution in [0.15, 0.2) is 30.3 Å². The molecule has 1 aliphatic rings. The van der Waals surface area contributed by atoms with E-state index in [1.807, 2.05) is 40.7 Å². The molecule has 0 aliphatic carbocycles. The van der Waals surface area contributed by atoms with Gasteiger partial charge in [0.25, 0.3) is 0 Å². The SMILES string of the molecule is CCOC(=O)C(C[Si](C)(C)c1ccccc1)B1OC(C)(C)C(C)(C)O1. The molecule has 1 aromatic rings. The molecule has 1 aliphatic heterocycles. The van der Waals surface area contributed by atoms with Gasteiger partial charge in [0.15, 0.2) is 0 Å². The van der Waals surface area contributed by atoms with Crippen LogP contribution in [-0.2, 0) is 18.8 Å². The van der Waals surface area contributed by atoms with Crippen LogP contribution >= 0.6 is 0 Å². The molecule has 25 heavy (non-hydrogen) atoms. The Bertz CT molecular complexity index is 585. The standard InChI is InChI=1S/C19H31BO4Si/c1-8-22-17(21)16(20-23-18(2,3)19(4,5)24-20)14-25(6,7)15-12-10-9-11-13-15/h9-13,16H,8,14H2,1-7H3. The largest absolute Gasteiger partial charge is 0.472 e. The van der Waals surface area contributed by atoms with Gasteiger partial charge in [0, 0.05) is 0 Å². The van der Waals surface area contributed by atoms with Crippen LogP contribution in [0, 0.1) is 0 Å². The van der Waals surface area contributed by atoms with E-state index in [-0.39, 0.29) is 5.97 Å². The minimum absolute atomic E-state index is 0.225. The fourth-order valence-electron chi connectivity index (χ4n) is 3.15. The van der Waals surface area contributed by atoms with Crippen LogP contribution in [0.3, 0.4) is 0 Å². The molecule has 0 amide bonds. The second-order valence-electron chi connectivity index (χ2n) is 8.44. The highest BCUT2D eigenvalue weighted by molar-refractivity contribution is 6.90. The van der Waals surface area contributed by atoms with Crippen molar-refractivity contribution in [2.24, 2.45) is 0 Å². The molecular formula is C19H31BO4Si. The van der Waals surface area contributed by atoms with E-state index in [0.29, 0.717) is 6.61 Å². The van der Waals surface area contributed by atoms with Crippen molar-refractivity contribution in [1.82, 2.24) is 0 Å². The maximum Gasteiger partial charge on any atom is 0.472 e. The molecule has 1 heterocycles. The highest BCUT2D eigenvalue weighted by Crippen LogP contribution is 2.42. The van der Waals surface area contributed by atoms with Crippen LogP contribution in [0.4, 0.5) is 0 Å². The van der Waals surface area contributed by atoms with E-state index in [1.165, 1.54) is 5.19 Å². The van der Waals surface area contributed by atoms with Crippen molar-refractivity contribution in [2.75, 3.05) is 6.61 Å². The number of rotatable bonds is 6. The van der Waals surface area contributed by atoms with Crippen molar-refractivity contribution in [2.45, 2.75) is 70.8 Å². The molecule has 0 saturated carbocycles. The first-order valence-corrected chi connectivity index (χ1v) is 12.3.